The Morgan fingerprint density at radius 2 is 1.64 bits per heavy atom. The van der Waals surface area contributed by atoms with Gasteiger partial charge in [-0.3, -0.25) is 9.69 Å². The van der Waals surface area contributed by atoms with Crippen LogP contribution < -0.4 is 5.73 Å². The Morgan fingerprint density at radius 1 is 1.18 bits per heavy atom. The van der Waals surface area contributed by atoms with Crippen LogP contribution in [-0.4, -0.2) is 70.6 Å². The van der Waals surface area contributed by atoms with Crippen LogP contribution in [0.15, 0.2) is 24.1 Å². The molecule has 0 amide bonds. The molecule has 1 rings (SSSR count). The molecular formula is C15H28N2O5. The van der Waals surface area contributed by atoms with E-state index in [0.717, 1.165) is 0 Å². The summed E-state index contributed by atoms with van der Waals surface area (Å²) >= 11 is 0. The molecular weight excluding hydrogens is 288 g/mol. The zero-order valence-corrected chi connectivity index (χ0v) is 13.4. The van der Waals surface area contributed by atoms with Gasteiger partial charge in [0.15, 0.2) is 12.4 Å². The molecule has 0 aliphatic carbocycles. The van der Waals surface area contributed by atoms with Crippen LogP contribution in [0.2, 0.25) is 0 Å². The van der Waals surface area contributed by atoms with Crippen LogP contribution in [0, 0.1) is 0 Å². The summed E-state index contributed by atoms with van der Waals surface area (Å²) in [5.74, 6) is 0. The molecule has 22 heavy (non-hydrogen) atoms. The number of hydrogen-bond donors (Lipinski definition) is 4. The number of hydrogen-bond acceptors (Lipinski definition) is 7. The van der Waals surface area contributed by atoms with Gasteiger partial charge in [-0.1, -0.05) is 0 Å². The number of aliphatic hydroxyl groups excluding tert-OH is 3. The second kappa shape index (κ2) is 11.2. The van der Waals surface area contributed by atoms with Crippen molar-refractivity contribution in [1.29, 1.82) is 0 Å². The number of ether oxygens (including phenoxy) is 1. The van der Waals surface area contributed by atoms with E-state index < -0.39 is 24.4 Å². The average Bonchev–Trinajstić information content (AvgIpc) is 2.37. The van der Waals surface area contributed by atoms with Crippen molar-refractivity contribution in [3.8, 4) is 0 Å². The van der Waals surface area contributed by atoms with Crippen LogP contribution in [0.25, 0.3) is 0 Å². The van der Waals surface area contributed by atoms with Crippen LogP contribution in [0.5, 0.6) is 0 Å². The molecule has 1 aliphatic heterocycles. The Kier molecular flexibility index (Phi) is 10.5. The van der Waals surface area contributed by atoms with Crippen molar-refractivity contribution in [2.45, 2.75) is 45.2 Å². The first-order chi connectivity index (χ1) is 10.3. The number of nitrogens with two attached hydrogens (primary N) is 1. The summed E-state index contributed by atoms with van der Waals surface area (Å²) in [5, 5.41) is 27.4. The van der Waals surface area contributed by atoms with Gasteiger partial charge in [-0.05, 0) is 32.9 Å². The average molecular weight is 316 g/mol. The summed E-state index contributed by atoms with van der Waals surface area (Å²) in [6.45, 7) is 6.52. The maximum Gasteiger partial charge on any atom is 0.192 e. The Bertz CT molecular complexity index is 343. The maximum atomic E-state index is 10.1. The molecule has 0 saturated heterocycles. The van der Waals surface area contributed by atoms with E-state index in [1.165, 1.54) is 6.26 Å². The van der Waals surface area contributed by atoms with Crippen LogP contribution in [0.3, 0.4) is 0 Å². The van der Waals surface area contributed by atoms with Crippen molar-refractivity contribution in [1.82, 2.24) is 4.90 Å². The van der Waals surface area contributed by atoms with Crippen molar-refractivity contribution >= 4 is 6.29 Å². The number of rotatable bonds is 7. The standard InChI is InChI=1S/C9H21NO3.C6H7NO2/c1-7(11)4-10(5-8(2)12)6-9(3)13;7-5-2-1-3-9-6(5)4-8/h7-9,11-13H,4-6H2,1-3H3;1-4,6H,7H2. The summed E-state index contributed by atoms with van der Waals surface area (Å²) in [6, 6.07) is 0. The molecule has 1 heterocycles. The Balaban J connectivity index is 0.000000425. The third kappa shape index (κ3) is 10.3. The molecule has 4 atom stereocenters. The quantitative estimate of drug-likeness (QED) is 0.462. The number of nitrogens with zero attached hydrogens (tertiary/aromatic N) is 1. The minimum absolute atomic E-state index is 0.433. The summed E-state index contributed by atoms with van der Waals surface area (Å²) in [5.41, 5.74) is 5.79. The highest BCUT2D eigenvalue weighted by molar-refractivity contribution is 5.62. The maximum absolute atomic E-state index is 10.1. The van der Waals surface area contributed by atoms with Gasteiger partial charge in [-0.25, -0.2) is 0 Å². The summed E-state index contributed by atoms with van der Waals surface area (Å²) in [4.78, 5) is 11.9. The van der Waals surface area contributed by atoms with Gasteiger partial charge in [0.2, 0.25) is 0 Å². The smallest absolute Gasteiger partial charge is 0.192 e. The zero-order valence-electron chi connectivity index (χ0n) is 13.4. The normalized spacial score (nSPS) is 21.0. The summed E-state index contributed by atoms with van der Waals surface area (Å²) < 4.78 is 4.80. The molecule has 0 aromatic rings. The summed E-state index contributed by atoms with van der Waals surface area (Å²) in [6.07, 6.45) is 3.52. The molecule has 0 aromatic heterocycles. The highest BCUT2D eigenvalue weighted by Gasteiger charge is 2.12. The second-order valence-electron chi connectivity index (χ2n) is 5.45. The van der Waals surface area contributed by atoms with E-state index in [4.69, 9.17) is 25.8 Å². The summed E-state index contributed by atoms with van der Waals surface area (Å²) in [7, 11) is 0. The first-order valence-electron chi connectivity index (χ1n) is 7.25. The molecule has 1 aliphatic rings. The molecule has 0 radical (unpaired) electrons. The Hall–Kier alpha value is -1.41. The SMILES string of the molecule is CC(O)CN(CC(C)O)CC(C)O.NC1=CC=COC1C=O. The van der Waals surface area contributed by atoms with Crippen LogP contribution >= 0.6 is 0 Å². The van der Waals surface area contributed by atoms with Gasteiger partial charge in [0, 0.05) is 19.6 Å². The van der Waals surface area contributed by atoms with E-state index in [1.807, 2.05) is 4.90 Å². The number of aldehydes is 1. The van der Waals surface area contributed by atoms with Gasteiger partial charge in [0.1, 0.15) is 0 Å². The number of aliphatic hydroxyl groups is 3. The molecule has 0 fully saturated rings. The van der Waals surface area contributed by atoms with Crippen molar-refractivity contribution < 1.29 is 24.9 Å². The Labute approximate surface area is 131 Å². The van der Waals surface area contributed by atoms with Gasteiger partial charge in [-0.2, -0.15) is 0 Å². The highest BCUT2D eigenvalue weighted by atomic mass is 16.5. The first kappa shape index (κ1) is 20.6. The molecule has 0 saturated carbocycles. The van der Waals surface area contributed by atoms with E-state index in [0.29, 0.717) is 31.6 Å². The lowest BCUT2D eigenvalue weighted by Gasteiger charge is -2.25. The van der Waals surface area contributed by atoms with Crippen LogP contribution in [-0.2, 0) is 9.53 Å². The van der Waals surface area contributed by atoms with Crippen LogP contribution in [0.1, 0.15) is 20.8 Å². The monoisotopic (exact) mass is 316 g/mol. The topological polar surface area (TPSA) is 116 Å². The lowest BCUT2D eigenvalue weighted by atomic mass is 10.2. The highest BCUT2D eigenvalue weighted by Crippen LogP contribution is 2.03. The number of carbonyl (C=O) groups is 1. The van der Waals surface area contributed by atoms with Crippen molar-refractivity contribution in [3.63, 3.8) is 0 Å². The second-order valence-corrected chi connectivity index (χ2v) is 5.45. The van der Waals surface area contributed by atoms with Crippen molar-refractivity contribution in [3.05, 3.63) is 24.1 Å². The van der Waals surface area contributed by atoms with E-state index >= 15 is 0 Å². The lowest BCUT2D eigenvalue weighted by molar-refractivity contribution is -0.113. The van der Waals surface area contributed by atoms with Crippen molar-refractivity contribution in [2.75, 3.05) is 19.6 Å². The third-order valence-electron chi connectivity index (χ3n) is 2.61. The van der Waals surface area contributed by atoms with E-state index in [1.54, 1.807) is 32.9 Å². The van der Waals surface area contributed by atoms with Gasteiger partial charge in [0.25, 0.3) is 0 Å². The van der Waals surface area contributed by atoms with Gasteiger partial charge < -0.3 is 25.8 Å². The van der Waals surface area contributed by atoms with Gasteiger partial charge >= 0.3 is 0 Å². The van der Waals surface area contributed by atoms with Gasteiger partial charge in [0.05, 0.1) is 30.3 Å². The predicted molar refractivity (Wildman–Crippen MR) is 83.8 cm³/mol. The zero-order chi connectivity index (χ0) is 17.1. The minimum Gasteiger partial charge on any atom is -0.484 e. The molecule has 0 spiro atoms. The van der Waals surface area contributed by atoms with Gasteiger partial charge in [-0.15, -0.1) is 0 Å². The van der Waals surface area contributed by atoms with E-state index in [-0.39, 0.29) is 0 Å². The lowest BCUT2D eigenvalue weighted by Crippen LogP contribution is -2.40. The van der Waals surface area contributed by atoms with E-state index in [9.17, 15) is 4.79 Å². The molecule has 0 aromatic carbocycles. The number of allylic oxidation sites excluding steroid dienone is 2. The molecule has 7 nitrogen and oxygen atoms in total. The predicted octanol–water partition coefficient (Wildman–Crippen LogP) is -0.629. The molecule has 4 unspecified atom stereocenters. The third-order valence-corrected chi connectivity index (χ3v) is 2.61. The molecule has 0 bridgehead atoms. The fourth-order valence-corrected chi connectivity index (χ4v) is 1.91. The van der Waals surface area contributed by atoms with Crippen molar-refractivity contribution in [2.24, 2.45) is 5.73 Å². The Morgan fingerprint density at radius 3 is 1.91 bits per heavy atom. The van der Waals surface area contributed by atoms with Crippen LogP contribution in [0.4, 0.5) is 0 Å². The largest absolute Gasteiger partial charge is 0.484 e. The minimum atomic E-state index is -0.574. The molecule has 7 heteroatoms. The number of carbonyl (C=O) groups excluding carboxylic acids is 1. The first-order valence-corrected chi connectivity index (χ1v) is 7.25. The molecule has 5 N–H and O–H groups in total. The fourth-order valence-electron chi connectivity index (χ4n) is 1.91. The fraction of sp³-hybridized carbons (Fsp3) is 0.667. The molecule has 128 valence electrons. The van der Waals surface area contributed by atoms with E-state index in [2.05, 4.69) is 0 Å².